The number of rotatable bonds is 6. The Morgan fingerprint density at radius 1 is 1.36 bits per heavy atom. The van der Waals surface area contributed by atoms with Gasteiger partial charge in [-0.25, -0.2) is 4.39 Å². The Bertz CT molecular complexity index is 481. The molecule has 1 unspecified atom stereocenters. The fourth-order valence-corrected chi connectivity index (χ4v) is 3.24. The summed E-state index contributed by atoms with van der Waals surface area (Å²) in [6, 6.07) is 7.31. The van der Waals surface area contributed by atoms with Crippen molar-refractivity contribution in [3.8, 4) is 0 Å². The van der Waals surface area contributed by atoms with Crippen molar-refractivity contribution in [2.75, 3.05) is 25.0 Å². The molecule has 0 radical (unpaired) electrons. The van der Waals surface area contributed by atoms with Crippen LogP contribution in [0.25, 0.3) is 0 Å². The summed E-state index contributed by atoms with van der Waals surface area (Å²) in [5, 5.41) is 6.54. The lowest BCUT2D eigenvalue weighted by atomic mass is 10.00. The van der Waals surface area contributed by atoms with Gasteiger partial charge >= 0.3 is 0 Å². The number of nitrogens with zero attached hydrogens (tertiary/aromatic N) is 1. The minimum Gasteiger partial charge on any atom is -0.362 e. The van der Waals surface area contributed by atoms with E-state index in [1.807, 2.05) is 0 Å². The average Bonchev–Trinajstić information content (AvgIpc) is 2.54. The number of hydrogen-bond donors (Lipinski definition) is 2. The predicted octanol–water partition coefficient (Wildman–Crippen LogP) is 3.77. The number of halogens is 1. The van der Waals surface area contributed by atoms with Crippen LogP contribution in [-0.2, 0) is 0 Å². The smallest absolute Gasteiger partial charge is 0.170 e. The van der Waals surface area contributed by atoms with Crippen LogP contribution in [0, 0.1) is 5.82 Å². The Kier molecular flexibility index (Phi) is 7.06. The monoisotopic (exact) mass is 323 g/mol. The first-order chi connectivity index (χ1) is 10.7. The maximum absolute atomic E-state index is 13.5. The van der Waals surface area contributed by atoms with E-state index >= 15 is 0 Å². The topological polar surface area (TPSA) is 27.3 Å². The molecule has 0 spiro atoms. The molecular weight excluding hydrogens is 297 g/mol. The molecule has 0 bridgehead atoms. The van der Waals surface area contributed by atoms with Crippen molar-refractivity contribution in [1.29, 1.82) is 0 Å². The lowest BCUT2D eigenvalue weighted by Gasteiger charge is -2.35. The van der Waals surface area contributed by atoms with Crippen LogP contribution in [0.1, 0.15) is 39.0 Å². The molecule has 1 aliphatic heterocycles. The lowest BCUT2D eigenvalue weighted by Crippen LogP contribution is -2.41. The van der Waals surface area contributed by atoms with Gasteiger partial charge in [0.25, 0.3) is 0 Å². The zero-order chi connectivity index (χ0) is 15.8. The summed E-state index contributed by atoms with van der Waals surface area (Å²) in [6.07, 6.45) is 6.30. The second-order valence-electron chi connectivity index (χ2n) is 5.81. The van der Waals surface area contributed by atoms with Crippen LogP contribution in [-0.4, -0.2) is 35.7 Å². The van der Waals surface area contributed by atoms with Gasteiger partial charge in [-0.3, -0.25) is 0 Å². The van der Waals surface area contributed by atoms with E-state index < -0.39 is 0 Å². The molecule has 1 heterocycles. The van der Waals surface area contributed by atoms with E-state index in [0.29, 0.717) is 10.8 Å². The highest BCUT2D eigenvalue weighted by Crippen LogP contribution is 2.19. The molecule has 0 aliphatic carbocycles. The lowest BCUT2D eigenvalue weighted by molar-refractivity contribution is 0.143. The third-order valence-electron chi connectivity index (χ3n) is 4.25. The molecule has 0 amide bonds. The summed E-state index contributed by atoms with van der Waals surface area (Å²) in [5.41, 5.74) is 0.419. The van der Waals surface area contributed by atoms with Crippen molar-refractivity contribution in [2.45, 2.75) is 45.1 Å². The second kappa shape index (κ2) is 9.06. The zero-order valence-electron chi connectivity index (χ0n) is 13.3. The van der Waals surface area contributed by atoms with Crippen molar-refractivity contribution >= 4 is 23.0 Å². The van der Waals surface area contributed by atoms with Gasteiger partial charge in [-0.2, -0.15) is 0 Å². The van der Waals surface area contributed by atoms with Crippen molar-refractivity contribution in [3.05, 3.63) is 30.1 Å². The van der Waals surface area contributed by atoms with E-state index in [2.05, 4.69) is 22.5 Å². The molecule has 2 N–H and O–H groups in total. The minimum absolute atomic E-state index is 0.286. The highest BCUT2D eigenvalue weighted by atomic mass is 32.1. The van der Waals surface area contributed by atoms with E-state index in [-0.39, 0.29) is 5.82 Å². The third-order valence-corrected chi connectivity index (χ3v) is 4.50. The number of anilines is 1. The van der Waals surface area contributed by atoms with E-state index in [1.54, 1.807) is 18.2 Å². The highest BCUT2D eigenvalue weighted by Gasteiger charge is 2.19. The molecule has 5 heteroatoms. The fraction of sp³-hybridized carbons (Fsp3) is 0.588. The normalized spacial score (nSPS) is 18.9. The van der Waals surface area contributed by atoms with E-state index in [0.717, 1.165) is 25.6 Å². The third kappa shape index (κ3) is 5.21. The molecule has 1 fully saturated rings. The van der Waals surface area contributed by atoms with Gasteiger partial charge in [-0.05, 0) is 56.6 Å². The Balaban J connectivity index is 1.66. The average molecular weight is 323 g/mol. The Labute approximate surface area is 138 Å². The fourth-order valence-electron chi connectivity index (χ4n) is 3.03. The number of thiocarbonyl (C=S) groups is 1. The summed E-state index contributed by atoms with van der Waals surface area (Å²) < 4.78 is 13.5. The van der Waals surface area contributed by atoms with Crippen LogP contribution in [0.15, 0.2) is 24.3 Å². The Hall–Kier alpha value is -1.20. The van der Waals surface area contributed by atoms with Crippen molar-refractivity contribution in [2.24, 2.45) is 0 Å². The number of para-hydroxylation sites is 1. The summed E-state index contributed by atoms with van der Waals surface area (Å²) in [6.45, 7) is 5.41. The Morgan fingerprint density at radius 2 is 2.18 bits per heavy atom. The van der Waals surface area contributed by atoms with E-state index in [4.69, 9.17) is 12.2 Å². The SMILES string of the molecule is CCC1CCCCN1CCCNC(=S)Nc1ccccc1F. The number of benzene rings is 1. The van der Waals surface area contributed by atoms with Crippen LogP contribution in [0.2, 0.25) is 0 Å². The predicted molar refractivity (Wildman–Crippen MR) is 94.7 cm³/mol. The first-order valence-corrected chi connectivity index (χ1v) is 8.65. The maximum atomic E-state index is 13.5. The molecule has 1 aliphatic rings. The van der Waals surface area contributed by atoms with Gasteiger partial charge in [0, 0.05) is 19.1 Å². The molecule has 1 saturated heterocycles. The maximum Gasteiger partial charge on any atom is 0.170 e. The van der Waals surface area contributed by atoms with Gasteiger partial charge in [-0.1, -0.05) is 25.5 Å². The van der Waals surface area contributed by atoms with Gasteiger partial charge in [0.1, 0.15) is 5.82 Å². The van der Waals surface area contributed by atoms with Crippen LogP contribution in [0.3, 0.4) is 0 Å². The summed E-state index contributed by atoms with van der Waals surface area (Å²) in [7, 11) is 0. The molecule has 0 saturated carbocycles. The number of piperidine rings is 1. The molecular formula is C17H26FN3S. The van der Waals surface area contributed by atoms with Crippen LogP contribution < -0.4 is 10.6 Å². The molecule has 1 aromatic carbocycles. The van der Waals surface area contributed by atoms with E-state index in [9.17, 15) is 4.39 Å². The molecule has 1 atom stereocenters. The molecule has 122 valence electrons. The standard InChI is InChI=1S/C17H26FN3S/c1-2-14-8-5-6-12-21(14)13-7-11-19-17(22)20-16-10-4-3-9-15(16)18/h3-4,9-10,14H,2,5-8,11-13H2,1H3,(H2,19,20,22). The first-order valence-electron chi connectivity index (χ1n) is 8.24. The molecule has 22 heavy (non-hydrogen) atoms. The summed E-state index contributed by atoms with van der Waals surface area (Å²) >= 11 is 5.21. The van der Waals surface area contributed by atoms with E-state index in [1.165, 1.54) is 38.3 Å². The second-order valence-corrected chi connectivity index (χ2v) is 6.22. The van der Waals surface area contributed by atoms with Crippen molar-refractivity contribution in [3.63, 3.8) is 0 Å². The quantitative estimate of drug-likeness (QED) is 0.616. The molecule has 2 rings (SSSR count). The van der Waals surface area contributed by atoms with Gasteiger partial charge in [-0.15, -0.1) is 0 Å². The highest BCUT2D eigenvalue weighted by molar-refractivity contribution is 7.80. The van der Waals surface area contributed by atoms with Gasteiger partial charge in [0.2, 0.25) is 0 Å². The van der Waals surface area contributed by atoms with Gasteiger partial charge < -0.3 is 15.5 Å². The molecule has 1 aromatic rings. The minimum atomic E-state index is -0.286. The van der Waals surface area contributed by atoms with Gasteiger partial charge in [0.15, 0.2) is 5.11 Å². The first kappa shape index (κ1) is 17.2. The number of nitrogens with one attached hydrogen (secondary N) is 2. The number of hydrogen-bond acceptors (Lipinski definition) is 2. The summed E-state index contributed by atoms with van der Waals surface area (Å²) in [5.74, 6) is -0.286. The molecule has 3 nitrogen and oxygen atoms in total. The summed E-state index contributed by atoms with van der Waals surface area (Å²) in [4.78, 5) is 2.60. The number of likely N-dealkylation sites (tertiary alicyclic amines) is 1. The Morgan fingerprint density at radius 3 is 2.95 bits per heavy atom. The van der Waals surface area contributed by atoms with Crippen LogP contribution in [0.4, 0.5) is 10.1 Å². The largest absolute Gasteiger partial charge is 0.362 e. The van der Waals surface area contributed by atoms with Crippen molar-refractivity contribution in [1.82, 2.24) is 10.2 Å². The van der Waals surface area contributed by atoms with Gasteiger partial charge in [0.05, 0.1) is 5.69 Å². The van der Waals surface area contributed by atoms with Crippen LogP contribution >= 0.6 is 12.2 Å². The zero-order valence-corrected chi connectivity index (χ0v) is 14.1. The van der Waals surface area contributed by atoms with Crippen molar-refractivity contribution < 1.29 is 4.39 Å². The van der Waals surface area contributed by atoms with Crippen LogP contribution in [0.5, 0.6) is 0 Å². The molecule has 0 aromatic heterocycles.